The summed E-state index contributed by atoms with van der Waals surface area (Å²) in [6.07, 6.45) is 1.56. The number of hydrogen-bond donors (Lipinski definition) is 1. The molecule has 1 aromatic heterocycles. The molecule has 0 saturated heterocycles. The van der Waals surface area contributed by atoms with Gasteiger partial charge in [0.2, 0.25) is 0 Å². The van der Waals surface area contributed by atoms with Crippen LogP contribution < -0.4 is 5.32 Å². The summed E-state index contributed by atoms with van der Waals surface area (Å²) >= 11 is 0. The Hall–Kier alpha value is -2.49. The predicted molar refractivity (Wildman–Crippen MR) is 84.1 cm³/mol. The summed E-state index contributed by atoms with van der Waals surface area (Å²) in [7, 11) is -1.74. The first kappa shape index (κ1) is 16.9. The van der Waals surface area contributed by atoms with Gasteiger partial charge in [0.05, 0.1) is 15.5 Å². The van der Waals surface area contributed by atoms with E-state index in [-0.39, 0.29) is 10.6 Å². The fourth-order valence-corrected chi connectivity index (χ4v) is 2.93. The van der Waals surface area contributed by atoms with E-state index in [1.165, 1.54) is 12.1 Å². The van der Waals surface area contributed by atoms with Crippen molar-refractivity contribution in [2.45, 2.75) is 18.2 Å². The Kier molecular flexibility index (Phi) is 4.64. The number of rotatable bonds is 6. The molecule has 2 aromatic rings. The van der Waals surface area contributed by atoms with Gasteiger partial charge in [-0.05, 0) is 13.0 Å². The van der Waals surface area contributed by atoms with Gasteiger partial charge < -0.3 is 9.88 Å². The number of nitrogens with zero attached hydrogens (tertiary/aromatic N) is 4. The SMILES string of the molecule is Cc1nnc(CCNc2ccc([N+](=O)[O-])cc2S(C)(=O)=O)n1C. The molecule has 0 unspecified atom stereocenters. The summed E-state index contributed by atoms with van der Waals surface area (Å²) in [5.74, 6) is 1.55. The Bertz CT molecular complexity index is 844. The molecule has 0 aliphatic rings. The van der Waals surface area contributed by atoms with Gasteiger partial charge in [0.25, 0.3) is 5.69 Å². The molecule has 0 aliphatic heterocycles. The van der Waals surface area contributed by atoms with Crippen LogP contribution in [-0.2, 0) is 23.3 Å². The topological polar surface area (TPSA) is 120 Å². The number of aromatic nitrogens is 3. The monoisotopic (exact) mass is 339 g/mol. The second kappa shape index (κ2) is 6.32. The van der Waals surface area contributed by atoms with Crippen LogP contribution in [-0.4, -0.2) is 40.9 Å². The zero-order valence-electron chi connectivity index (χ0n) is 13.0. The third-order valence-electron chi connectivity index (χ3n) is 3.42. The minimum absolute atomic E-state index is 0.0964. The number of nitro benzene ring substituents is 1. The van der Waals surface area contributed by atoms with Crippen LogP contribution in [0.1, 0.15) is 11.6 Å². The minimum Gasteiger partial charge on any atom is -0.384 e. The van der Waals surface area contributed by atoms with E-state index in [0.717, 1.165) is 24.0 Å². The normalized spacial score (nSPS) is 11.4. The van der Waals surface area contributed by atoms with Crippen LogP contribution in [0.5, 0.6) is 0 Å². The number of benzene rings is 1. The fourth-order valence-electron chi connectivity index (χ4n) is 2.06. The third-order valence-corrected chi connectivity index (χ3v) is 4.56. The summed E-state index contributed by atoms with van der Waals surface area (Å²) in [5, 5.41) is 21.8. The first-order valence-electron chi connectivity index (χ1n) is 6.77. The Balaban J connectivity index is 2.19. The first-order valence-corrected chi connectivity index (χ1v) is 8.66. The molecule has 124 valence electrons. The average Bonchev–Trinajstić information content (AvgIpc) is 2.78. The average molecular weight is 339 g/mol. The quantitative estimate of drug-likeness (QED) is 0.617. The van der Waals surface area contributed by atoms with Gasteiger partial charge in [-0.25, -0.2) is 8.42 Å². The highest BCUT2D eigenvalue weighted by molar-refractivity contribution is 7.90. The molecule has 0 spiro atoms. The highest BCUT2D eigenvalue weighted by atomic mass is 32.2. The predicted octanol–water partition coefficient (Wildman–Crippen LogP) is 1.09. The molecule has 0 radical (unpaired) electrons. The lowest BCUT2D eigenvalue weighted by atomic mass is 10.2. The van der Waals surface area contributed by atoms with Crippen molar-refractivity contribution in [3.8, 4) is 0 Å². The van der Waals surface area contributed by atoms with Crippen molar-refractivity contribution in [3.05, 3.63) is 40.0 Å². The minimum atomic E-state index is -3.59. The summed E-state index contributed by atoms with van der Waals surface area (Å²) in [5.41, 5.74) is 0.0666. The molecular weight excluding hydrogens is 322 g/mol. The maximum atomic E-state index is 11.8. The van der Waals surface area contributed by atoms with Gasteiger partial charge in [-0.2, -0.15) is 0 Å². The van der Waals surface area contributed by atoms with Crippen molar-refractivity contribution in [1.82, 2.24) is 14.8 Å². The van der Waals surface area contributed by atoms with Crippen molar-refractivity contribution < 1.29 is 13.3 Å². The molecule has 2 rings (SSSR count). The van der Waals surface area contributed by atoms with Crippen molar-refractivity contribution in [2.24, 2.45) is 7.05 Å². The van der Waals surface area contributed by atoms with Crippen LogP contribution in [0.15, 0.2) is 23.1 Å². The molecule has 0 fully saturated rings. The van der Waals surface area contributed by atoms with E-state index in [9.17, 15) is 18.5 Å². The molecule has 0 aliphatic carbocycles. The van der Waals surface area contributed by atoms with Crippen LogP contribution in [0.2, 0.25) is 0 Å². The molecule has 10 heteroatoms. The van der Waals surface area contributed by atoms with Gasteiger partial charge in [0.15, 0.2) is 9.84 Å². The van der Waals surface area contributed by atoms with Crippen molar-refractivity contribution in [2.75, 3.05) is 18.1 Å². The highest BCUT2D eigenvalue weighted by Crippen LogP contribution is 2.26. The largest absolute Gasteiger partial charge is 0.384 e. The van der Waals surface area contributed by atoms with Gasteiger partial charge in [0, 0.05) is 38.4 Å². The standard InChI is InChI=1S/C13H17N5O4S/c1-9-15-16-13(17(9)2)6-7-14-11-5-4-10(18(19)20)8-12(11)23(3,21)22/h4-5,8,14H,6-7H2,1-3H3. The Morgan fingerprint density at radius 3 is 2.57 bits per heavy atom. The highest BCUT2D eigenvalue weighted by Gasteiger charge is 2.18. The van der Waals surface area contributed by atoms with Gasteiger partial charge in [-0.1, -0.05) is 0 Å². The zero-order chi connectivity index (χ0) is 17.2. The lowest BCUT2D eigenvalue weighted by molar-refractivity contribution is -0.385. The number of nitro groups is 1. The van der Waals surface area contributed by atoms with Gasteiger partial charge in [-0.3, -0.25) is 10.1 Å². The molecule has 23 heavy (non-hydrogen) atoms. The summed E-state index contributed by atoms with van der Waals surface area (Å²) < 4.78 is 25.5. The molecule has 0 bridgehead atoms. The van der Waals surface area contributed by atoms with Crippen molar-refractivity contribution >= 4 is 21.2 Å². The summed E-state index contributed by atoms with van der Waals surface area (Å²) in [4.78, 5) is 10.1. The molecule has 0 atom stereocenters. The molecule has 9 nitrogen and oxygen atoms in total. The van der Waals surface area contributed by atoms with E-state index in [1.807, 2.05) is 18.5 Å². The first-order chi connectivity index (χ1) is 10.7. The van der Waals surface area contributed by atoms with Crippen molar-refractivity contribution in [1.29, 1.82) is 0 Å². The molecule has 0 saturated carbocycles. The number of hydrogen-bond acceptors (Lipinski definition) is 7. The number of anilines is 1. The smallest absolute Gasteiger partial charge is 0.270 e. The zero-order valence-corrected chi connectivity index (χ0v) is 13.8. The molecule has 1 aromatic carbocycles. The van der Waals surface area contributed by atoms with E-state index < -0.39 is 14.8 Å². The molecule has 1 N–H and O–H groups in total. The molecule has 1 heterocycles. The lowest BCUT2D eigenvalue weighted by Crippen LogP contribution is -2.12. The Morgan fingerprint density at radius 1 is 1.35 bits per heavy atom. The van der Waals surface area contributed by atoms with E-state index in [2.05, 4.69) is 15.5 Å². The number of sulfone groups is 1. The number of aryl methyl sites for hydroxylation is 1. The summed E-state index contributed by atoms with van der Waals surface area (Å²) in [6.45, 7) is 2.26. The van der Waals surface area contributed by atoms with Gasteiger partial charge >= 0.3 is 0 Å². The van der Waals surface area contributed by atoms with Gasteiger partial charge in [-0.15, -0.1) is 10.2 Å². The lowest BCUT2D eigenvalue weighted by Gasteiger charge is -2.10. The Morgan fingerprint density at radius 2 is 2.04 bits per heavy atom. The third kappa shape index (κ3) is 3.83. The van der Waals surface area contributed by atoms with Crippen LogP contribution >= 0.6 is 0 Å². The maximum absolute atomic E-state index is 11.8. The Labute approximate surface area is 133 Å². The molecule has 0 amide bonds. The van der Waals surface area contributed by atoms with Crippen LogP contribution in [0.3, 0.4) is 0 Å². The molecular formula is C13H17N5O4S. The van der Waals surface area contributed by atoms with E-state index in [4.69, 9.17) is 0 Å². The summed E-state index contributed by atoms with van der Waals surface area (Å²) in [6, 6.07) is 3.73. The van der Waals surface area contributed by atoms with Crippen LogP contribution in [0.4, 0.5) is 11.4 Å². The maximum Gasteiger partial charge on any atom is 0.270 e. The van der Waals surface area contributed by atoms with Crippen LogP contribution in [0.25, 0.3) is 0 Å². The van der Waals surface area contributed by atoms with Crippen LogP contribution in [0, 0.1) is 17.0 Å². The van der Waals surface area contributed by atoms with E-state index in [0.29, 0.717) is 18.7 Å². The fraction of sp³-hybridized carbons (Fsp3) is 0.385. The number of nitrogens with one attached hydrogen (secondary N) is 1. The van der Waals surface area contributed by atoms with E-state index in [1.54, 1.807) is 0 Å². The van der Waals surface area contributed by atoms with Gasteiger partial charge in [0.1, 0.15) is 11.6 Å². The van der Waals surface area contributed by atoms with Crippen molar-refractivity contribution in [3.63, 3.8) is 0 Å². The second-order valence-electron chi connectivity index (χ2n) is 5.11. The van der Waals surface area contributed by atoms with E-state index >= 15 is 0 Å². The number of non-ortho nitro benzene ring substituents is 1. The second-order valence-corrected chi connectivity index (χ2v) is 7.09.